The van der Waals surface area contributed by atoms with Crippen molar-refractivity contribution >= 4 is 11.6 Å². The van der Waals surface area contributed by atoms with Crippen molar-refractivity contribution in [3.63, 3.8) is 0 Å². The molecule has 3 unspecified atom stereocenters. The molecule has 120 valence electrons. The van der Waals surface area contributed by atoms with Crippen LogP contribution in [0.4, 0.5) is 0 Å². The van der Waals surface area contributed by atoms with E-state index in [2.05, 4.69) is 0 Å². The van der Waals surface area contributed by atoms with E-state index in [-0.39, 0.29) is 17.5 Å². The summed E-state index contributed by atoms with van der Waals surface area (Å²) in [5.74, 6) is -0.901. The van der Waals surface area contributed by atoms with Crippen LogP contribution in [0.15, 0.2) is 30.3 Å². The van der Waals surface area contributed by atoms with E-state index < -0.39 is 11.5 Å². The fraction of sp³-hybridized carbons (Fsp3) is 0.579. The zero-order valence-electron chi connectivity index (χ0n) is 13.5. The van der Waals surface area contributed by atoms with Crippen molar-refractivity contribution in [1.82, 2.24) is 0 Å². The molecule has 0 aromatic heterocycles. The summed E-state index contributed by atoms with van der Waals surface area (Å²) in [6.45, 7) is 3.96. The topological polar surface area (TPSA) is 54.4 Å². The first kappa shape index (κ1) is 16.9. The molecule has 1 saturated carbocycles. The molecular weight excluding hydrogens is 276 g/mol. The minimum absolute atomic E-state index is 0.0494. The van der Waals surface area contributed by atoms with Crippen LogP contribution < -0.4 is 0 Å². The SMILES string of the molecule is CCCC(C)C(=O)C1CCCCC1(O)C(=O)c1ccccc1. The molecule has 0 heterocycles. The number of ketones is 2. The maximum Gasteiger partial charge on any atom is 0.195 e. The fourth-order valence-corrected chi connectivity index (χ4v) is 3.56. The van der Waals surface area contributed by atoms with Gasteiger partial charge in [0, 0.05) is 11.5 Å². The van der Waals surface area contributed by atoms with Crippen molar-refractivity contribution in [3.05, 3.63) is 35.9 Å². The van der Waals surface area contributed by atoms with E-state index in [1.54, 1.807) is 24.3 Å². The first-order valence-corrected chi connectivity index (χ1v) is 8.36. The smallest absolute Gasteiger partial charge is 0.195 e. The Balaban J connectivity index is 2.28. The number of carbonyl (C=O) groups is 2. The normalized spacial score (nSPS) is 26.4. The Hall–Kier alpha value is -1.48. The molecule has 3 heteroatoms. The molecule has 1 N–H and O–H groups in total. The molecule has 2 rings (SSSR count). The van der Waals surface area contributed by atoms with Crippen LogP contribution in [0.3, 0.4) is 0 Å². The second kappa shape index (κ2) is 7.19. The van der Waals surface area contributed by atoms with Gasteiger partial charge in [-0.2, -0.15) is 0 Å². The van der Waals surface area contributed by atoms with E-state index in [1.165, 1.54) is 0 Å². The number of hydrogen-bond donors (Lipinski definition) is 1. The highest BCUT2D eigenvalue weighted by atomic mass is 16.3. The fourth-order valence-electron chi connectivity index (χ4n) is 3.56. The zero-order valence-corrected chi connectivity index (χ0v) is 13.5. The summed E-state index contributed by atoms with van der Waals surface area (Å²) in [6, 6.07) is 8.84. The number of aliphatic hydroxyl groups is 1. The first-order chi connectivity index (χ1) is 10.5. The van der Waals surface area contributed by atoms with Gasteiger partial charge in [-0.15, -0.1) is 0 Å². The molecule has 0 spiro atoms. The van der Waals surface area contributed by atoms with Gasteiger partial charge < -0.3 is 5.11 Å². The van der Waals surface area contributed by atoms with Gasteiger partial charge >= 0.3 is 0 Å². The molecule has 0 aliphatic heterocycles. The average molecular weight is 302 g/mol. The van der Waals surface area contributed by atoms with Gasteiger partial charge in [-0.1, -0.05) is 63.4 Å². The molecule has 1 fully saturated rings. The molecule has 1 aliphatic carbocycles. The van der Waals surface area contributed by atoms with E-state index >= 15 is 0 Å². The minimum Gasteiger partial charge on any atom is -0.381 e. The molecule has 0 amide bonds. The van der Waals surface area contributed by atoms with Crippen LogP contribution in [0.2, 0.25) is 0 Å². The summed E-state index contributed by atoms with van der Waals surface area (Å²) >= 11 is 0. The van der Waals surface area contributed by atoms with E-state index in [1.807, 2.05) is 19.9 Å². The van der Waals surface area contributed by atoms with Crippen molar-refractivity contribution in [1.29, 1.82) is 0 Å². The third-order valence-electron chi connectivity index (χ3n) is 4.86. The summed E-state index contributed by atoms with van der Waals surface area (Å²) < 4.78 is 0. The van der Waals surface area contributed by atoms with Crippen molar-refractivity contribution in [2.45, 2.75) is 58.0 Å². The van der Waals surface area contributed by atoms with Gasteiger partial charge in [0.15, 0.2) is 5.78 Å². The van der Waals surface area contributed by atoms with Crippen molar-refractivity contribution < 1.29 is 14.7 Å². The lowest BCUT2D eigenvalue weighted by Crippen LogP contribution is -2.52. The van der Waals surface area contributed by atoms with Gasteiger partial charge in [-0.3, -0.25) is 9.59 Å². The van der Waals surface area contributed by atoms with Crippen molar-refractivity contribution in [3.8, 4) is 0 Å². The minimum atomic E-state index is -1.53. The largest absolute Gasteiger partial charge is 0.381 e. The first-order valence-electron chi connectivity index (χ1n) is 8.36. The van der Waals surface area contributed by atoms with Crippen LogP contribution in [0, 0.1) is 11.8 Å². The van der Waals surface area contributed by atoms with Crippen molar-refractivity contribution in [2.24, 2.45) is 11.8 Å². The van der Waals surface area contributed by atoms with Crippen LogP contribution in [0.1, 0.15) is 62.7 Å². The number of rotatable bonds is 6. The molecular formula is C19H26O3. The molecule has 0 saturated heterocycles. The monoisotopic (exact) mass is 302 g/mol. The van der Waals surface area contributed by atoms with Gasteiger partial charge in [0.05, 0.1) is 5.92 Å². The van der Waals surface area contributed by atoms with Gasteiger partial charge in [0.2, 0.25) is 0 Å². The second-order valence-electron chi connectivity index (χ2n) is 6.51. The number of Topliss-reactive ketones (excluding diaryl/α,β-unsaturated/α-hetero) is 2. The predicted octanol–water partition coefficient (Wildman–Crippen LogP) is 3.80. The predicted molar refractivity (Wildman–Crippen MR) is 86.8 cm³/mol. The third-order valence-corrected chi connectivity index (χ3v) is 4.86. The quantitative estimate of drug-likeness (QED) is 0.813. The lowest BCUT2D eigenvalue weighted by atomic mass is 9.67. The summed E-state index contributed by atoms with van der Waals surface area (Å²) in [6.07, 6.45) is 4.44. The molecule has 22 heavy (non-hydrogen) atoms. The molecule has 3 atom stereocenters. The summed E-state index contributed by atoms with van der Waals surface area (Å²) in [5.41, 5.74) is -1.04. The standard InChI is InChI=1S/C19H26O3/c1-3-9-14(2)17(20)16-12-7-8-13-19(16,22)18(21)15-10-5-4-6-11-15/h4-6,10-11,14,16,22H,3,7-9,12-13H2,1-2H3. The molecule has 1 aromatic rings. The third kappa shape index (κ3) is 3.30. The van der Waals surface area contributed by atoms with Crippen LogP contribution >= 0.6 is 0 Å². The van der Waals surface area contributed by atoms with Gasteiger partial charge in [-0.05, 0) is 19.3 Å². The van der Waals surface area contributed by atoms with E-state index in [0.717, 1.165) is 25.7 Å². The van der Waals surface area contributed by atoms with Crippen molar-refractivity contribution in [2.75, 3.05) is 0 Å². The lowest BCUT2D eigenvalue weighted by Gasteiger charge is -2.39. The summed E-state index contributed by atoms with van der Waals surface area (Å²) in [5, 5.41) is 11.1. The lowest BCUT2D eigenvalue weighted by molar-refractivity contribution is -0.136. The molecule has 1 aliphatic rings. The van der Waals surface area contributed by atoms with Crippen LogP contribution in [-0.2, 0) is 4.79 Å². The van der Waals surface area contributed by atoms with Crippen LogP contribution in [0.25, 0.3) is 0 Å². The van der Waals surface area contributed by atoms with E-state index in [4.69, 9.17) is 0 Å². The number of hydrogen-bond acceptors (Lipinski definition) is 3. The second-order valence-corrected chi connectivity index (χ2v) is 6.51. The Kier molecular flexibility index (Phi) is 5.52. The Labute approximate surface area is 132 Å². The van der Waals surface area contributed by atoms with E-state index in [0.29, 0.717) is 18.4 Å². The Morgan fingerprint density at radius 3 is 2.59 bits per heavy atom. The molecule has 1 aromatic carbocycles. The maximum absolute atomic E-state index is 12.8. The highest BCUT2D eigenvalue weighted by Gasteiger charge is 2.49. The molecule has 0 bridgehead atoms. The summed E-state index contributed by atoms with van der Waals surface area (Å²) in [7, 11) is 0. The molecule has 0 radical (unpaired) electrons. The van der Waals surface area contributed by atoms with Gasteiger partial charge in [-0.25, -0.2) is 0 Å². The number of benzene rings is 1. The average Bonchev–Trinajstić information content (AvgIpc) is 2.55. The zero-order chi connectivity index (χ0) is 16.2. The Bertz CT molecular complexity index is 523. The van der Waals surface area contributed by atoms with Crippen LogP contribution in [-0.4, -0.2) is 22.3 Å². The molecule has 3 nitrogen and oxygen atoms in total. The number of carbonyl (C=O) groups excluding carboxylic acids is 2. The van der Waals surface area contributed by atoms with Gasteiger partial charge in [0.25, 0.3) is 0 Å². The van der Waals surface area contributed by atoms with Crippen LogP contribution in [0.5, 0.6) is 0 Å². The highest BCUT2D eigenvalue weighted by Crippen LogP contribution is 2.38. The maximum atomic E-state index is 12.8. The summed E-state index contributed by atoms with van der Waals surface area (Å²) in [4.78, 5) is 25.5. The van der Waals surface area contributed by atoms with Gasteiger partial charge in [0.1, 0.15) is 11.4 Å². The Morgan fingerprint density at radius 1 is 1.27 bits per heavy atom. The Morgan fingerprint density at radius 2 is 1.95 bits per heavy atom. The van der Waals surface area contributed by atoms with E-state index in [9.17, 15) is 14.7 Å². The highest BCUT2D eigenvalue weighted by molar-refractivity contribution is 6.05.